The molecule has 4 nitrogen and oxygen atoms in total. The molecule has 0 saturated carbocycles. The van der Waals surface area contributed by atoms with Gasteiger partial charge in [0.05, 0.1) is 0 Å². The molecule has 0 radical (unpaired) electrons. The lowest BCUT2D eigenvalue weighted by Crippen LogP contribution is -2.21. The highest BCUT2D eigenvalue weighted by Crippen LogP contribution is 2.36. The van der Waals surface area contributed by atoms with Gasteiger partial charge in [0.1, 0.15) is 11.6 Å². The van der Waals surface area contributed by atoms with Gasteiger partial charge in [-0.25, -0.2) is 13.5 Å². The van der Waals surface area contributed by atoms with Gasteiger partial charge in [0, 0.05) is 16.9 Å². The van der Waals surface area contributed by atoms with E-state index in [9.17, 15) is 22.0 Å². The zero-order valence-corrected chi connectivity index (χ0v) is 11.3. The van der Waals surface area contributed by atoms with Crippen LogP contribution >= 0.6 is 11.8 Å². The first-order chi connectivity index (χ1) is 9.70. The fraction of sp³-hybridized carbons (Fsp3) is 0.273. The number of thioether (sulfide) groups is 1. The van der Waals surface area contributed by atoms with Crippen LogP contribution in [-0.4, -0.2) is 14.9 Å². The molecule has 0 unspecified atom stereocenters. The Morgan fingerprint density at radius 2 is 1.90 bits per heavy atom. The molecule has 0 spiro atoms. The van der Waals surface area contributed by atoms with Gasteiger partial charge in [-0.05, 0) is 13.0 Å². The first-order valence-corrected chi connectivity index (χ1v) is 6.47. The third kappa shape index (κ3) is 3.26. The molecule has 0 aliphatic heterocycles. The van der Waals surface area contributed by atoms with E-state index in [-0.39, 0.29) is 10.7 Å². The third-order valence-electron chi connectivity index (χ3n) is 2.60. The summed E-state index contributed by atoms with van der Waals surface area (Å²) in [6, 6.07) is 2.97. The number of nitrogens with two attached hydrogens (primary N) is 1. The molecular weight excluding hydrogens is 315 g/mol. The van der Waals surface area contributed by atoms with E-state index in [0.717, 1.165) is 17.8 Å². The summed E-state index contributed by atoms with van der Waals surface area (Å²) in [7, 11) is 0. The topological polar surface area (TPSA) is 56.7 Å². The van der Waals surface area contributed by atoms with Gasteiger partial charge < -0.3 is 5.84 Å². The molecule has 1 atom stereocenters. The van der Waals surface area contributed by atoms with E-state index in [2.05, 4.69) is 10.2 Å². The number of rotatable bonds is 3. The Morgan fingerprint density at radius 1 is 1.24 bits per heavy atom. The van der Waals surface area contributed by atoms with Gasteiger partial charge in [-0.15, -0.1) is 10.2 Å². The number of alkyl halides is 3. The Balaban J connectivity index is 2.24. The molecule has 0 aliphatic rings. The summed E-state index contributed by atoms with van der Waals surface area (Å²) in [5.41, 5.74) is 0.123. The average Bonchev–Trinajstić information content (AvgIpc) is 2.70. The summed E-state index contributed by atoms with van der Waals surface area (Å²) in [5, 5.41) is 5.44. The van der Waals surface area contributed by atoms with Crippen molar-refractivity contribution < 1.29 is 22.0 Å². The Hall–Kier alpha value is -1.84. The Bertz CT molecular complexity index is 655. The van der Waals surface area contributed by atoms with Crippen molar-refractivity contribution in [2.24, 2.45) is 0 Å². The van der Waals surface area contributed by atoms with E-state index in [4.69, 9.17) is 5.84 Å². The first kappa shape index (κ1) is 15.5. The molecule has 114 valence electrons. The molecular formula is C11H9F5N4S. The third-order valence-corrected chi connectivity index (χ3v) is 3.70. The molecule has 2 N–H and O–H groups in total. The summed E-state index contributed by atoms with van der Waals surface area (Å²) in [4.78, 5) is 0. The predicted octanol–water partition coefficient (Wildman–Crippen LogP) is 3.14. The number of halogens is 5. The van der Waals surface area contributed by atoms with Crippen molar-refractivity contribution in [2.45, 2.75) is 23.5 Å². The Kier molecular flexibility index (Phi) is 4.08. The van der Waals surface area contributed by atoms with Crippen LogP contribution in [0.25, 0.3) is 0 Å². The van der Waals surface area contributed by atoms with Gasteiger partial charge in [-0.1, -0.05) is 17.8 Å². The highest BCUT2D eigenvalue weighted by molar-refractivity contribution is 7.99. The SMILES string of the molecule is C[C@H](Sc1nnc(C(F)(F)F)n1N)c1ccc(F)cc1F. The lowest BCUT2D eigenvalue weighted by Gasteiger charge is -2.12. The fourth-order valence-electron chi connectivity index (χ4n) is 1.60. The number of hydrogen-bond acceptors (Lipinski definition) is 4. The number of hydrogen-bond donors (Lipinski definition) is 1. The van der Waals surface area contributed by atoms with Crippen LogP contribution in [0.4, 0.5) is 22.0 Å². The van der Waals surface area contributed by atoms with Crippen LogP contribution in [-0.2, 0) is 6.18 Å². The van der Waals surface area contributed by atoms with Gasteiger partial charge in [0.15, 0.2) is 0 Å². The van der Waals surface area contributed by atoms with Gasteiger partial charge in [0.25, 0.3) is 5.82 Å². The average molecular weight is 324 g/mol. The van der Waals surface area contributed by atoms with E-state index in [1.807, 2.05) is 0 Å². The van der Waals surface area contributed by atoms with Crippen molar-refractivity contribution in [2.75, 3.05) is 5.84 Å². The summed E-state index contributed by atoms with van der Waals surface area (Å²) in [5.74, 6) is 2.39. The number of aromatic nitrogens is 3. The van der Waals surface area contributed by atoms with E-state index < -0.39 is 28.9 Å². The van der Waals surface area contributed by atoms with E-state index in [1.165, 1.54) is 13.0 Å². The van der Waals surface area contributed by atoms with Crippen molar-refractivity contribution in [3.63, 3.8) is 0 Å². The smallest absolute Gasteiger partial charge is 0.335 e. The van der Waals surface area contributed by atoms with E-state index in [1.54, 1.807) is 0 Å². The molecule has 10 heteroatoms. The first-order valence-electron chi connectivity index (χ1n) is 5.59. The van der Waals surface area contributed by atoms with Crippen LogP contribution in [0.5, 0.6) is 0 Å². The van der Waals surface area contributed by atoms with Crippen molar-refractivity contribution in [1.82, 2.24) is 14.9 Å². The summed E-state index contributed by atoms with van der Waals surface area (Å²) < 4.78 is 64.3. The minimum Gasteiger partial charge on any atom is -0.335 e. The minimum atomic E-state index is -4.73. The molecule has 2 rings (SSSR count). The van der Waals surface area contributed by atoms with Gasteiger partial charge >= 0.3 is 6.18 Å². The van der Waals surface area contributed by atoms with Crippen LogP contribution < -0.4 is 5.84 Å². The van der Waals surface area contributed by atoms with Crippen molar-refractivity contribution in [3.8, 4) is 0 Å². The maximum absolute atomic E-state index is 13.6. The quantitative estimate of drug-likeness (QED) is 0.535. The Morgan fingerprint density at radius 3 is 2.43 bits per heavy atom. The van der Waals surface area contributed by atoms with Crippen LogP contribution in [0.2, 0.25) is 0 Å². The monoisotopic (exact) mass is 324 g/mol. The molecule has 1 aromatic heterocycles. The molecule has 0 bridgehead atoms. The predicted molar refractivity (Wildman–Crippen MR) is 65.8 cm³/mol. The van der Waals surface area contributed by atoms with Crippen molar-refractivity contribution in [1.29, 1.82) is 0 Å². The zero-order chi connectivity index (χ0) is 15.8. The molecule has 1 aromatic carbocycles. The summed E-state index contributed by atoms with van der Waals surface area (Å²) in [6.07, 6.45) is -4.73. The van der Waals surface area contributed by atoms with Crippen molar-refractivity contribution in [3.05, 3.63) is 41.2 Å². The van der Waals surface area contributed by atoms with Crippen LogP contribution in [0.15, 0.2) is 23.4 Å². The Labute approximate surface area is 120 Å². The second-order valence-corrected chi connectivity index (χ2v) is 5.41. The minimum absolute atomic E-state index is 0.123. The lowest BCUT2D eigenvalue weighted by molar-refractivity contribution is -0.146. The summed E-state index contributed by atoms with van der Waals surface area (Å²) in [6.45, 7) is 1.53. The second kappa shape index (κ2) is 5.51. The molecule has 21 heavy (non-hydrogen) atoms. The maximum atomic E-state index is 13.6. The molecule has 0 fully saturated rings. The summed E-state index contributed by atoms with van der Waals surface area (Å²) >= 11 is 0.782. The number of nitrogens with zero attached hydrogens (tertiary/aromatic N) is 3. The zero-order valence-electron chi connectivity index (χ0n) is 10.5. The van der Waals surface area contributed by atoms with Gasteiger partial charge in [-0.3, -0.25) is 0 Å². The van der Waals surface area contributed by atoms with Gasteiger partial charge in [0.2, 0.25) is 5.16 Å². The normalized spacial score (nSPS) is 13.4. The van der Waals surface area contributed by atoms with Crippen LogP contribution in [0, 0.1) is 11.6 Å². The van der Waals surface area contributed by atoms with Crippen LogP contribution in [0.1, 0.15) is 23.6 Å². The van der Waals surface area contributed by atoms with E-state index >= 15 is 0 Å². The number of nitrogen functional groups attached to an aromatic ring is 1. The molecule has 0 saturated heterocycles. The molecule has 0 amide bonds. The van der Waals surface area contributed by atoms with Crippen molar-refractivity contribution >= 4 is 11.8 Å². The maximum Gasteiger partial charge on any atom is 0.453 e. The van der Waals surface area contributed by atoms with E-state index in [0.29, 0.717) is 10.7 Å². The second-order valence-electron chi connectivity index (χ2n) is 4.10. The standard InChI is InChI=1S/C11H9F5N4S/c1-5(7-3-2-6(12)4-8(7)13)21-10-19-18-9(20(10)17)11(14,15)16/h2-5H,17H2,1H3/t5-/m0/s1. The molecule has 1 heterocycles. The largest absolute Gasteiger partial charge is 0.453 e. The van der Waals surface area contributed by atoms with Gasteiger partial charge in [-0.2, -0.15) is 13.2 Å². The lowest BCUT2D eigenvalue weighted by atomic mass is 10.1. The highest BCUT2D eigenvalue weighted by atomic mass is 32.2. The highest BCUT2D eigenvalue weighted by Gasteiger charge is 2.38. The molecule has 2 aromatic rings. The number of benzene rings is 1. The fourth-order valence-corrected chi connectivity index (χ4v) is 2.53. The van der Waals surface area contributed by atoms with Crippen LogP contribution in [0.3, 0.4) is 0 Å². The molecule has 0 aliphatic carbocycles.